The summed E-state index contributed by atoms with van der Waals surface area (Å²) in [7, 11) is 1.39. The fourth-order valence-electron chi connectivity index (χ4n) is 2.85. The molecule has 1 heterocycles. The van der Waals surface area contributed by atoms with Crippen LogP contribution in [0.15, 0.2) is 0 Å². The number of carbonyl (C=O) groups excluding carboxylic acids is 1. The molecule has 0 spiro atoms. The molecule has 1 atom stereocenters. The van der Waals surface area contributed by atoms with Crippen molar-refractivity contribution in [3.8, 4) is 0 Å². The van der Waals surface area contributed by atoms with E-state index >= 15 is 0 Å². The molecule has 0 aromatic heterocycles. The van der Waals surface area contributed by atoms with Crippen LogP contribution in [-0.2, 0) is 9.53 Å². The Morgan fingerprint density at radius 3 is 2.47 bits per heavy atom. The average Bonchev–Trinajstić information content (AvgIpc) is 2.38. The number of carbonyl (C=O) groups is 1. The summed E-state index contributed by atoms with van der Waals surface area (Å²) in [6, 6.07) is 0. The van der Waals surface area contributed by atoms with Gasteiger partial charge in [-0.2, -0.15) is 0 Å². The van der Waals surface area contributed by atoms with Crippen molar-refractivity contribution in [1.82, 2.24) is 4.90 Å². The third-order valence-electron chi connectivity index (χ3n) is 4.40. The Balaban J connectivity index is 2.23. The molecular weight excluding hydrogens is 240 g/mol. The molecule has 4 nitrogen and oxygen atoms in total. The highest BCUT2D eigenvalue weighted by molar-refractivity contribution is 5.79. The molecule has 4 heteroatoms. The van der Waals surface area contributed by atoms with Crippen LogP contribution in [0.3, 0.4) is 0 Å². The fraction of sp³-hybridized carbons (Fsp3) is 0.933. The molecule has 0 aromatic carbocycles. The van der Waals surface area contributed by atoms with Gasteiger partial charge in [-0.05, 0) is 64.1 Å². The zero-order chi connectivity index (χ0) is 14.5. The number of piperidine rings is 1. The Kier molecular flexibility index (Phi) is 6.27. The Bertz CT molecular complexity index is 282. The van der Waals surface area contributed by atoms with Gasteiger partial charge in [0.2, 0.25) is 0 Å². The van der Waals surface area contributed by atoms with Crippen LogP contribution < -0.4 is 5.73 Å². The van der Waals surface area contributed by atoms with E-state index < -0.39 is 5.54 Å². The summed E-state index contributed by atoms with van der Waals surface area (Å²) < 4.78 is 4.72. The number of esters is 1. The standard InChI is InChI=1S/C15H30N2O2/c1-12(2)13-6-10-17(11-7-13)9-5-8-15(3,16)14(18)19-4/h12-13H,5-11,16H2,1-4H3. The number of nitrogens with zero attached hydrogens (tertiary/aromatic N) is 1. The van der Waals surface area contributed by atoms with E-state index in [4.69, 9.17) is 10.5 Å². The van der Waals surface area contributed by atoms with Gasteiger partial charge < -0.3 is 15.4 Å². The third kappa shape index (κ3) is 5.11. The zero-order valence-corrected chi connectivity index (χ0v) is 12.9. The highest BCUT2D eigenvalue weighted by Gasteiger charge is 2.29. The topological polar surface area (TPSA) is 55.6 Å². The number of nitrogens with two attached hydrogens (primary N) is 1. The van der Waals surface area contributed by atoms with E-state index in [9.17, 15) is 4.79 Å². The van der Waals surface area contributed by atoms with Crippen molar-refractivity contribution < 1.29 is 9.53 Å². The van der Waals surface area contributed by atoms with Crippen LogP contribution in [0.4, 0.5) is 0 Å². The SMILES string of the molecule is COC(=O)C(C)(N)CCCN1CCC(C(C)C)CC1. The third-order valence-corrected chi connectivity index (χ3v) is 4.40. The maximum absolute atomic E-state index is 11.5. The number of likely N-dealkylation sites (tertiary alicyclic amines) is 1. The van der Waals surface area contributed by atoms with E-state index in [1.807, 2.05) is 0 Å². The van der Waals surface area contributed by atoms with Crippen molar-refractivity contribution >= 4 is 5.97 Å². The van der Waals surface area contributed by atoms with Crippen molar-refractivity contribution in [2.45, 2.75) is 52.0 Å². The number of hydrogen-bond acceptors (Lipinski definition) is 4. The predicted molar refractivity (Wildman–Crippen MR) is 77.8 cm³/mol. The maximum atomic E-state index is 11.5. The number of methoxy groups -OCH3 is 1. The van der Waals surface area contributed by atoms with Gasteiger partial charge in [-0.3, -0.25) is 4.79 Å². The Morgan fingerprint density at radius 2 is 2.00 bits per heavy atom. The van der Waals surface area contributed by atoms with Crippen molar-refractivity contribution in [1.29, 1.82) is 0 Å². The zero-order valence-electron chi connectivity index (χ0n) is 12.9. The number of ether oxygens (including phenoxy) is 1. The van der Waals surface area contributed by atoms with E-state index in [2.05, 4.69) is 18.7 Å². The minimum Gasteiger partial charge on any atom is -0.468 e. The van der Waals surface area contributed by atoms with Gasteiger partial charge in [0.05, 0.1) is 7.11 Å². The Hall–Kier alpha value is -0.610. The molecule has 0 saturated carbocycles. The first-order chi connectivity index (χ1) is 8.86. The first-order valence-electron chi connectivity index (χ1n) is 7.46. The summed E-state index contributed by atoms with van der Waals surface area (Å²) in [5.41, 5.74) is 5.11. The van der Waals surface area contributed by atoms with Crippen LogP contribution in [0.1, 0.15) is 46.5 Å². The highest BCUT2D eigenvalue weighted by Crippen LogP contribution is 2.24. The molecule has 1 aliphatic heterocycles. The molecule has 1 rings (SSSR count). The molecule has 0 aliphatic carbocycles. The van der Waals surface area contributed by atoms with Crippen LogP contribution in [-0.4, -0.2) is 43.2 Å². The average molecular weight is 270 g/mol. The second kappa shape index (κ2) is 7.25. The lowest BCUT2D eigenvalue weighted by molar-refractivity contribution is -0.146. The van der Waals surface area contributed by atoms with Crippen molar-refractivity contribution in [3.05, 3.63) is 0 Å². The second-order valence-electron chi connectivity index (χ2n) is 6.44. The summed E-state index contributed by atoms with van der Waals surface area (Å²) in [6.07, 6.45) is 4.24. The summed E-state index contributed by atoms with van der Waals surface area (Å²) in [5, 5.41) is 0. The van der Waals surface area contributed by atoms with Crippen molar-refractivity contribution in [3.63, 3.8) is 0 Å². The predicted octanol–water partition coefficient (Wildman–Crippen LogP) is 2.02. The molecule has 112 valence electrons. The largest absolute Gasteiger partial charge is 0.468 e. The van der Waals surface area contributed by atoms with E-state index in [0.29, 0.717) is 6.42 Å². The van der Waals surface area contributed by atoms with Crippen LogP contribution in [0.5, 0.6) is 0 Å². The van der Waals surface area contributed by atoms with Gasteiger partial charge in [0, 0.05) is 0 Å². The van der Waals surface area contributed by atoms with Gasteiger partial charge >= 0.3 is 5.97 Å². The summed E-state index contributed by atoms with van der Waals surface area (Å²) >= 11 is 0. The van der Waals surface area contributed by atoms with E-state index in [-0.39, 0.29) is 5.97 Å². The number of hydrogen-bond donors (Lipinski definition) is 1. The van der Waals surface area contributed by atoms with E-state index in [1.54, 1.807) is 6.92 Å². The lowest BCUT2D eigenvalue weighted by Crippen LogP contribution is -2.46. The molecule has 1 fully saturated rings. The summed E-state index contributed by atoms with van der Waals surface area (Å²) in [5.74, 6) is 1.37. The molecule has 0 bridgehead atoms. The van der Waals surface area contributed by atoms with Crippen LogP contribution in [0, 0.1) is 11.8 Å². The van der Waals surface area contributed by atoms with E-state index in [0.717, 1.165) is 24.8 Å². The molecule has 2 N–H and O–H groups in total. The summed E-state index contributed by atoms with van der Waals surface area (Å²) in [4.78, 5) is 14.0. The van der Waals surface area contributed by atoms with Crippen LogP contribution in [0.2, 0.25) is 0 Å². The van der Waals surface area contributed by atoms with Gasteiger partial charge in [-0.1, -0.05) is 13.8 Å². The van der Waals surface area contributed by atoms with Gasteiger partial charge in [-0.15, -0.1) is 0 Å². The smallest absolute Gasteiger partial charge is 0.325 e. The molecule has 1 unspecified atom stereocenters. The molecular formula is C15H30N2O2. The van der Waals surface area contributed by atoms with Crippen molar-refractivity contribution in [2.24, 2.45) is 17.6 Å². The molecule has 1 aliphatic rings. The monoisotopic (exact) mass is 270 g/mol. The molecule has 0 aromatic rings. The quantitative estimate of drug-likeness (QED) is 0.750. The molecule has 19 heavy (non-hydrogen) atoms. The minimum atomic E-state index is -0.842. The highest BCUT2D eigenvalue weighted by atomic mass is 16.5. The second-order valence-corrected chi connectivity index (χ2v) is 6.44. The fourth-order valence-corrected chi connectivity index (χ4v) is 2.85. The first kappa shape index (κ1) is 16.4. The molecule has 0 amide bonds. The lowest BCUT2D eigenvalue weighted by atomic mass is 9.86. The van der Waals surface area contributed by atoms with Gasteiger partial charge in [0.1, 0.15) is 5.54 Å². The first-order valence-corrected chi connectivity index (χ1v) is 7.46. The maximum Gasteiger partial charge on any atom is 0.325 e. The molecule has 0 radical (unpaired) electrons. The van der Waals surface area contributed by atoms with E-state index in [1.165, 1.54) is 33.0 Å². The van der Waals surface area contributed by atoms with Gasteiger partial charge in [0.15, 0.2) is 0 Å². The number of rotatable bonds is 6. The van der Waals surface area contributed by atoms with Crippen LogP contribution in [0.25, 0.3) is 0 Å². The van der Waals surface area contributed by atoms with Crippen molar-refractivity contribution in [2.75, 3.05) is 26.7 Å². The Morgan fingerprint density at radius 1 is 1.42 bits per heavy atom. The van der Waals surface area contributed by atoms with Crippen LogP contribution >= 0.6 is 0 Å². The Labute approximate surface area is 117 Å². The van der Waals surface area contributed by atoms with Gasteiger partial charge in [0.25, 0.3) is 0 Å². The van der Waals surface area contributed by atoms with Gasteiger partial charge in [-0.25, -0.2) is 0 Å². The summed E-state index contributed by atoms with van der Waals surface area (Å²) in [6.45, 7) is 9.79. The molecule has 1 saturated heterocycles. The normalized spacial score (nSPS) is 21.4. The lowest BCUT2D eigenvalue weighted by Gasteiger charge is -2.34. The minimum absolute atomic E-state index is 0.314.